The van der Waals surface area contributed by atoms with Gasteiger partial charge in [0.05, 0.1) is 13.2 Å². The molecule has 0 aromatic rings. The van der Waals surface area contributed by atoms with Gasteiger partial charge in [0.1, 0.15) is 5.60 Å². The van der Waals surface area contributed by atoms with Crippen LogP contribution in [0, 0.1) is 0 Å². The largest absolute Gasteiger partial charge is 0.386 e. The maximum Gasteiger partial charge on any atom is 0.317 e. The highest BCUT2D eigenvalue weighted by Crippen LogP contribution is 2.16. The Balaban J connectivity index is 2.29. The number of urea groups is 1. The predicted molar refractivity (Wildman–Crippen MR) is 52.1 cm³/mol. The summed E-state index contributed by atoms with van der Waals surface area (Å²) in [5, 5.41) is 12.5. The molecular formula is C9H18N2O3. The molecule has 1 saturated heterocycles. The molecule has 1 aliphatic rings. The summed E-state index contributed by atoms with van der Waals surface area (Å²) in [6.07, 6.45) is 0.586. The van der Waals surface area contributed by atoms with E-state index >= 15 is 0 Å². The van der Waals surface area contributed by atoms with E-state index in [2.05, 4.69) is 5.32 Å². The highest BCUT2D eigenvalue weighted by atomic mass is 16.5. The lowest BCUT2D eigenvalue weighted by molar-refractivity contribution is 0.0283. The monoisotopic (exact) mass is 202 g/mol. The molecule has 5 heteroatoms. The minimum absolute atomic E-state index is 0.159. The van der Waals surface area contributed by atoms with Gasteiger partial charge in [0, 0.05) is 26.6 Å². The SMILES string of the molecule is CCN(C)C(=O)NCC1(O)CCOC1. The zero-order valence-corrected chi connectivity index (χ0v) is 8.75. The van der Waals surface area contributed by atoms with Crippen LogP contribution in [0.1, 0.15) is 13.3 Å². The molecule has 1 rings (SSSR count). The molecule has 1 fully saturated rings. The van der Waals surface area contributed by atoms with Crippen LogP contribution in [-0.4, -0.2) is 55.0 Å². The number of hydrogen-bond acceptors (Lipinski definition) is 3. The first-order valence-corrected chi connectivity index (χ1v) is 4.86. The van der Waals surface area contributed by atoms with E-state index in [4.69, 9.17) is 4.74 Å². The fourth-order valence-corrected chi connectivity index (χ4v) is 1.25. The molecule has 0 aromatic carbocycles. The summed E-state index contributed by atoms with van der Waals surface area (Å²) >= 11 is 0. The number of aliphatic hydroxyl groups is 1. The van der Waals surface area contributed by atoms with Crippen LogP contribution in [-0.2, 0) is 4.74 Å². The first-order chi connectivity index (χ1) is 6.57. The van der Waals surface area contributed by atoms with E-state index in [1.807, 2.05) is 6.92 Å². The van der Waals surface area contributed by atoms with E-state index in [0.717, 1.165) is 0 Å². The number of nitrogens with one attached hydrogen (secondary N) is 1. The van der Waals surface area contributed by atoms with Crippen LogP contribution in [0.5, 0.6) is 0 Å². The fourth-order valence-electron chi connectivity index (χ4n) is 1.25. The highest BCUT2D eigenvalue weighted by Gasteiger charge is 2.32. The highest BCUT2D eigenvalue weighted by molar-refractivity contribution is 5.73. The van der Waals surface area contributed by atoms with E-state index in [-0.39, 0.29) is 12.6 Å². The summed E-state index contributed by atoms with van der Waals surface area (Å²) in [5.74, 6) is 0. The first kappa shape index (κ1) is 11.3. The number of amides is 2. The number of hydrogen-bond donors (Lipinski definition) is 2. The molecule has 0 radical (unpaired) electrons. The Labute approximate surface area is 84.0 Å². The molecule has 1 aliphatic heterocycles. The average molecular weight is 202 g/mol. The normalized spacial score (nSPS) is 26.2. The molecule has 82 valence electrons. The van der Waals surface area contributed by atoms with Crippen LogP contribution in [0.4, 0.5) is 4.79 Å². The van der Waals surface area contributed by atoms with Crippen LogP contribution in [0.3, 0.4) is 0 Å². The molecule has 5 nitrogen and oxygen atoms in total. The van der Waals surface area contributed by atoms with Crippen LogP contribution >= 0.6 is 0 Å². The van der Waals surface area contributed by atoms with Gasteiger partial charge in [-0.1, -0.05) is 0 Å². The summed E-state index contributed by atoms with van der Waals surface area (Å²) in [6, 6.07) is -0.159. The van der Waals surface area contributed by atoms with Gasteiger partial charge in [-0.15, -0.1) is 0 Å². The Morgan fingerprint density at radius 3 is 2.93 bits per heavy atom. The molecule has 1 unspecified atom stereocenters. The van der Waals surface area contributed by atoms with Gasteiger partial charge in [-0.2, -0.15) is 0 Å². The summed E-state index contributed by atoms with van der Waals surface area (Å²) in [6.45, 7) is 3.68. The van der Waals surface area contributed by atoms with Crippen molar-refractivity contribution in [2.75, 3.05) is 33.4 Å². The Morgan fingerprint density at radius 2 is 2.43 bits per heavy atom. The molecular weight excluding hydrogens is 184 g/mol. The van der Waals surface area contributed by atoms with Crippen LogP contribution in [0.15, 0.2) is 0 Å². The van der Waals surface area contributed by atoms with Crippen LogP contribution in [0.25, 0.3) is 0 Å². The second-order valence-electron chi connectivity index (χ2n) is 3.70. The zero-order valence-electron chi connectivity index (χ0n) is 8.75. The molecule has 1 heterocycles. The predicted octanol–water partition coefficient (Wildman–Crippen LogP) is -0.201. The molecule has 2 N–H and O–H groups in total. The number of nitrogens with zero attached hydrogens (tertiary/aromatic N) is 1. The van der Waals surface area contributed by atoms with E-state index < -0.39 is 5.60 Å². The minimum Gasteiger partial charge on any atom is -0.386 e. The van der Waals surface area contributed by atoms with Gasteiger partial charge in [-0.25, -0.2) is 4.79 Å². The Kier molecular flexibility index (Phi) is 3.71. The molecule has 0 aliphatic carbocycles. The lowest BCUT2D eigenvalue weighted by atomic mass is 10.0. The molecule has 0 spiro atoms. The van der Waals surface area contributed by atoms with Gasteiger partial charge >= 0.3 is 6.03 Å². The van der Waals surface area contributed by atoms with Gasteiger partial charge < -0.3 is 20.1 Å². The second kappa shape index (κ2) is 4.61. The second-order valence-corrected chi connectivity index (χ2v) is 3.70. The summed E-state index contributed by atoms with van der Waals surface area (Å²) in [5.41, 5.74) is -0.871. The molecule has 0 aromatic heterocycles. The molecule has 0 saturated carbocycles. The van der Waals surface area contributed by atoms with Gasteiger partial charge in [0.25, 0.3) is 0 Å². The molecule has 1 atom stereocenters. The van der Waals surface area contributed by atoms with Crippen LogP contribution in [0.2, 0.25) is 0 Å². The van der Waals surface area contributed by atoms with Gasteiger partial charge in [0.15, 0.2) is 0 Å². The van der Waals surface area contributed by atoms with E-state index in [1.165, 1.54) is 0 Å². The quantitative estimate of drug-likeness (QED) is 0.666. The third kappa shape index (κ3) is 2.85. The Bertz CT molecular complexity index is 202. The lowest BCUT2D eigenvalue weighted by Crippen LogP contribution is -2.47. The summed E-state index contributed by atoms with van der Waals surface area (Å²) in [7, 11) is 1.71. The van der Waals surface area contributed by atoms with Crippen molar-refractivity contribution in [3.8, 4) is 0 Å². The topological polar surface area (TPSA) is 61.8 Å². The smallest absolute Gasteiger partial charge is 0.317 e. The Morgan fingerprint density at radius 1 is 1.71 bits per heavy atom. The van der Waals surface area contributed by atoms with E-state index in [0.29, 0.717) is 26.2 Å². The Hall–Kier alpha value is -0.810. The average Bonchev–Trinajstić information content (AvgIpc) is 2.61. The van der Waals surface area contributed by atoms with Gasteiger partial charge in [-0.3, -0.25) is 0 Å². The zero-order chi connectivity index (χ0) is 10.6. The molecule has 0 bridgehead atoms. The van der Waals surface area contributed by atoms with Crippen molar-refractivity contribution in [1.82, 2.24) is 10.2 Å². The van der Waals surface area contributed by atoms with E-state index in [1.54, 1.807) is 11.9 Å². The van der Waals surface area contributed by atoms with Crippen molar-refractivity contribution in [2.24, 2.45) is 0 Å². The lowest BCUT2D eigenvalue weighted by Gasteiger charge is -2.23. The van der Waals surface area contributed by atoms with Crippen molar-refractivity contribution < 1.29 is 14.6 Å². The third-order valence-electron chi connectivity index (χ3n) is 2.47. The van der Waals surface area contributed by atoms with Crippen molar-refractivity contribution in [1.29, 1.82) is 0 Å². The number of rotatable bonds is 3. The van der Waals surface area contributed by atoms with Crippen molar-refractivity contribution in [3.05, 3.63) is 0 Å². The standard InChI is InChI=1S/C9H18N2O3/c1-3-11(2)8(12)10-6-9(13)4-5-14-7-9/h13H,3-7H2,1-2H3,(H,10,12). The summed E-state index contributed by atoms with van der Waals surface area (Å²) < 4.78 is 5.06. The van der Waals surface area contributed by atoms with Crippen molar-refractivity contribution in [3.63, 3.8) is 0 Å². The van der Waals surface area contributed by atoms with Crippen LogP contribution < -0.4 is 5.32 Å². The van der Waals surface area contributed by atoms with Crippen molar-refractivity contribution >= 4 is 6.03 Å². The maximum atomic E-state index is 11.3. The fraction of sp³-hybridized carbons (Fsp3) is 0.889. The maximum absolute atomic E-state index is 11.3. The summed E-state index contributed by atoms with van der Waals surface area (Å²) in [4.78, 5) is 12.9. The minimum atomic E-state index is -0.871. The van der Waals surface area contributed by atoms with Crippen molar-refractivity contribution in [2.45, 2.75) is 18.9 Å². The molecule has 14 heavy (non-hydrogen) atoms. The first-order valence-electron chi connectivity index (χ1n) is 4.86. The third-order valence-corrected chi connectivity index (χ3v) is 2.47. The van der Waals surface area contributed by atoms with Gasteiger partial charge in [0.2, 0.25) is 0 Å². The number of ether oxygens (including phenoxy) is 1. The number of carbonyl (C=O) groups is 1. The van der Waals surface area contributed by atoms with E-state index in [9.17, 15) is 9.90 Å². The molecule has 2 amide bonds. The number of carbonyl (C=O) groups excluding carboxylic acids is 1. The van der Waals surface area contributed by atoms with Gasteiger partial charge in [-0.05, 0) is 6.92 Å².